The summed E-state index contributed by atoms with van der Waals surface area (Å²) in [5, 5.41) is 8.09. The zero-order valence-corrected chi connectivity index (χ0v) is 12.9. The number of piperazine rings is 1. The Balaban J connectivity index is 1.51. The van der Waals surface area contributed by atoms with Gasteiger partial charge in [0, 0.05) is 50.9 Å². The van der Waals surface area contributed by atoms with Crippen molar-refractivity contribution in [1.82, 2.24) is 20.1 Å². The summed E-state index contributed by atoms with van der Waals surface area (Å²) in [7, 11) is 0. The molecule has 3 heterocycles. The molecule has 1 saturated heterocycles. The first-order valence-corrected chi connectivity index (χ1v) is 7.40. The zero-order valence-electron chi connectivity index (χ0n) is 12.9. The van der Waals surface area contributed by atoms with E-state index in [4.69, 9.17) is 9.05 Å². The Morgan fingerprint density at radius 2 is 1.62 bits per heavy atom. The van der Waals surface area contributed by atoms with Crippen LogP contribution in [0.2, 0.25) is 0 Å². The van der Waals surface area contributed by atoms with Crippen LogP contribution in [0, 0.1) is 20.8 Å². The van der Waals surface area contributed by atoms with Crippen molar-refractivity contribution in [3.63, 3.8) is 0 Å². The second-order valence-corrected chi connectivity index (χ2v) is 5.78. The fourth-order valence-electron chi connectivity index (χ4n) is 2.78. The lowest BCUT2D eigenvalue weighted by molar-refractivity contribution is 0.119. The fraction of sp³-hybridized carbons (Fsp3) is 0.600. The summed E-state index contributed by atoms with van der Waals surface area (Å²) < 4.78 is 10.4. The molecule has 0 N–H and O–H groups in total. The van der Waals surface area contributed by atoms with Crippen molar-refractivity contribution in [1.29, 1.82) is 0 Å². The topological polar surface area (TPSA) is 58.5 Å². The number of nitrogens with zero attached hydrogens (tertiary/aromatic N) is 4. The van der Waals surface area contributed by atoms with Crippen molar-refractivity contribution in [2.24, 2.45) is 0 Å². The van der Waals surface area contributed by atoms with E-state index in [9.17, 15) is 0 Å². The molecule has 3 rings (SSSR count). The minimum Gasteiger partial charge on any atom is -0.361 e. The molecule has 0 unspecified atom stereocenters. The quantitative estimate of drug-likeness (QED) is 0.857. The van der Waals surface area contributed by atoms with Crippen LogP contribution in [-0.4, -0.2) is 46.3 Å². The van der Waals surface area contributed by atoms with Crippen LogP contribution < -0.4 is 0 Å². The molecule has 0 atom stereocenters. The van der Waals surface area contributed by atoms with Gasteiger partial charge in [0.05, 0.1) is 11.4 Å². The first kappa shape index (κ1) is 14.3. The van der Waals surface area contributed by atoms with E-state index in [1.807, 2.05) is 26.8 Å². The van der Waals surface area contributed by atoms with Crippen molar-refractivity contribution >= 4 is 0 Å². The summed E-state index contributed by atoms with van der Waals surface area (Å²) in [6, 6.07) is 2.01. The van der Waals surface area contributed by atoms with E-state index in [2.05, 4.69) is 20.1 Å². The highest BCUT2D eigenvalue weighted by molar-refractivity contribution is 5.20. The Morgan fingerprint density at radius 1 is 0.952 bits per heavy atom. The lowest BCUT2D eigenvalue weighted by Crippen LogP contribution is -2.45. The third-order valence-electron chi connectivity index (χ3n) is 4.09. The van der Waals surface area contributed by atoms with Gasteiger partial charge in [-0.1, -0.05) is 10.3 Å². The van der Waals surface area contributed by atoms with Gasteiger partial charge in [0.1, 0.15) is 11.5 Å². The van der Waals surface area contributed by atoms with Gasteiger partial charge in [-0.3, -0.25) is 9.80 Å². The molecule has 6 heteroatoms. The summed E-state index contributed by atoms with van der Waals surface area (Å²) in [4.78, 5) is 4.87. The first-order valence-electron chi connectivity index (χ1n) is 7.40. The van der Waals surface area contributed by atoms with Gasteiger partial charge in [-0.05, 0) is 20.8 Å². The van der Waals surface area contributed by atoms with E-state index in [0.29, 0.717) is 0 Å². The highest BCUT2D eigenvalue weighted by atomic mass is 16.5. The normalized spacial score (nSPS) is 17.5. The molecule has 2 aromatic heterocycles. The van der Waals surface area contributed by atoms with Gasteiger partial charge in [0.15, 0.2) is 0 Å². The molecule has 0 radical (unpaired) electrons. The third kappa shape index (κ3) is 3.33. The maximum absolute atomic E-state index is 5.23. The SMILES string of the molecule is Cc1cc(CN2CCN(Cc3c(C)noc3C)CC2)no1. The smallest absolute Gasteiger partial charge is 0.138 e. The molecular formula is C15H22N4O2. The maximum Gasteiger partial charge on any atom is 0.138 e. The number of aryl methyl sites for hydroxylation is 3. The summed E-state index contributed by atoms with van der Waals surface area (Å²) in [5.74, 6) is 1.81. The highest BCUT2D eigenvalue weighted by Crippen LogP contribution is 2.16. The molecule has 0 amide bonds. The largest absolute Gasteiger partial charge is 0.361 e. The Kier molecular flexibility index (Phi) is 4.07. The van der Waals surface area contributed by atoms with Gasteiger partial charge in [-0.15, -0.1) is 0 Å². The van der Waals surface area contributed by atoms with Gasteiger partial charge in [0.2, 0.25) is 0 Å². The highest BCUT2D eigenvalue weighted by Gasteiger charge is 2.20. The lowest BCUT2D eigenvalue weighted by atomic mass is 10.1. The number of hydrogen-bond donors (Lipinski definition) is 0. The molecule has 1 aliphatic rings. The molecule has 1 fully saturated rings. The molecule has 21 heavy (non-hydrogen) atoms. The Labute approximate surface area is 124 Å². The molecule has 1 aliphatic heterocycles. The summed E-state index contributed by atoms with van der Waals surface area (Å²) in [5.41, 5.74) is 3.26. The zero-order chi connectivity index (χ0) is 14.8. The number of aromatic nitrogens is 2. The van der Waals surface area contributed by atoms with Crippen LogP contribution in [-0.2, 0) is 13.1 Å². The lowest BCUT2D eigenvalue weighted by Gasteiger charge is -2.34. The molecule has 114 valence electrons. The minimum atomic E-state index is 0.872. The van der Waals surface area contributed by atoms with Crippen LogP contribution in [0.25, 0.3) is 0 Å². The Hall–Kier alpha value is -1.66. The van der Waals surface area contributed by atoms with Crippen molar-refractivity contribution in [3.8, 4) is 0 Å². The first-order chi connectivity index (χ1) is 10.1. The average molecular weight is 290 g/mol. The van der Waals surface area contributed by atoms with E-state index in [1.165, 1.54) is 5.56 Å². The molecule has 0 saturated carbocycles. The predicted molar refractivity (Wildman–Crippen MR) is 77.8 cm³/mol. The van der Waals surface area contributed by atoms with Crippen molar-refractivity contribution in [2.45, 2.75) is 33.9 Å². The molecule has 2 aromatic rings. The molecule has 0 aromatic carbocycles. The van der Waals surface area contributed by atoms with Gasteiger partial charge < -0.3 is 9.05 Å². The fourth-order valence-corrected chi connectivity index (χ4v) is 2.78. The van der Waals surface area contributed by atoms with Crippen molar-refractivity contribution < 1.29 is 9.05 Å². The second-order valence-electron chi connectivity index (χ2n) is 5.78. The summed E-state index contributed by atoms with van der Waals surface area (Å²) >= 11 is 0. The minimum absolute atomic E-state index is 0.872. The monoisotopic (exact) mass is 290 g/mol. The molecule has 0 bridgehead atoms. The summed E-state index contributed by atoms with van der Waals surface area (Å²) in [6.07, 6.45) is 0. The summed E-state index contributed by atoms with van der Waals surface area (Å²) in [6.45, 7) is 11.9. The molecular weight excluding hydrogens is 268 g/mol. The van der Waals surface area contributed by atoms with Crippen LogP contribution in [0.1, 0.15) is 28.5 Å². The molecule has 0 aliphatic carbocycles. The van der Waals surface area contributed by atoms with E-state index >= 15 is 0 Å². The van der Waals surface area contributed by atoms with Crippen LogP contribution in [0.4, 0.5) is 0 Å². The predicted octanol–water partition coefficient (Wildman–Crippen LogP) is 1.91. The van der Waals surface area contributed by atoms with Crippen LogP contribution in [0.5, 0.6) is 0 Å². The average Bonchev–Trinajstić information content (AvgIpc) is 3.01. The maximum atomic E-state index is 5.23. The van der Waals surface area contributed by atoms with E-state index in [-0.39, 0.29) is 0 Å². The Bertz CT molecular complexity index is 577. The molecule has 6 nitrogen and oxygen atoms in total. The standard InChI is InChI=1S/C15H22N4O2/c1-11-8-14(17-20-11)9-18-4-6-19(7-5-18)10-15-12(2)16-21-13(15)3/h8H,4-7,9-10H2,1-3H3. The third-order valence-corrected chi connectivity index (χ3v) is 4.09. The van der Waals surface area contributed by atoms with Crippen LogP contribution in [0.3, 0.4) is 0 Å². The van der Waals surface area contributed by atoms with E-state index in [0.717, 1.165) is 62.2 Å². The Morgan fingerprint density at radius 3 is 2.14 bits per heavy atom. The van der Waals surface area contributed by atoms with Crippen LogP contribution >= 0.6 is 0 Å². The van der Waals surface area contributed by atoms with Gasteiger partial charge in [-0.25, -0.2) is 0 Å². The van der Waals surface area contributed by atoms with Gasteiger partial charge >= 0.3 is 0 Å². The van der Waals surface area contributed by atoms with Crippen LogP contribution in [0.15, 0.2) is 15.1 Å². The molecule has 0 spiro atoms. The number of rotatable bonds is 4. The van der Waals surface area contributed by atoms with E-state index < -0.39 is 0 Å². The second kappa shape index (κ2) is 5.99. The number of hydrogen-bond acceptors (Lipinski definition) is 6. The van der Waals surface area contributed by atoms with Gasteiger partial charge in [-0.2, -0.15) is 0 Å². The van der Waals surface area contributed by atoms with Crippen molar-refractivity contribution in [3.05, 3.63) is 34.5 Å². The van der Waals surface area contributed by atoms with Gasteiger partial charge in [0.25, 0.3) is 0 Å². The van der Waals surface area contributed by atoms with E-state index in [1.54, 1.807) is 0 Å². The van der Waals surface area contributed by atoms with Crippen molar-refractivity contribution in [2.75, 3.05) is 26.2 Å².